The quantitative estimate of drug-likeness (QED) is 0.808. The van der Waals surface area contributed by atoms with Crippen molar-refractivity contribution in [1.29, 1.82) is 0 Å². The van der Waals surface area contributed by atoms with E-state index in [1.807, 2.05) is 6.92 Å². The first-order chi connectivity index (χ1) is 9.94. The molecule has 1 saturated heterocycles. The number of nitrogens with two attached hydrogens (primary N) is 1. The summed E-state index contributed by atoms with van der Waals surface area (Å²) in [5.41, 5.74) is 6.66. The highest BCUT2D eigenvalue weighted by atomic mass is 32.2. The average Bonchev–Trinajstić information content (AvgIpc) is 2.82. The second kappa shape index (κ2) is 6.58. The minimum absolute atomic E-state index is 0.111. The van der Waals surface area contributed by atoms with Crippen molar-refractivity contribution >= 4 is 10.0 Å². The summed E-state index contributed by atoms with van der Waals surface area (Å²) in [6, 6.07) is 4.94. The van der Waals surface area contributed by atoms with Crippen LogP contribution in [0.25, 0.3) is 0 Å². The number of rotatable bonds is 3. The number of nitrogens with one attached hydrogen (secondary N) is 1. The molecule has 1 fully saturated rings. The summed E-state index contributed by atoms with van der Waals surface area (Å²) in [5, 5.41) is 0. The predicted molar refractivity (Wildman–Crippen MR) is 81.3 cm³/mol. The third kappa shape index (κ3) is 3.83. The van der Waals surface area contributed by atoms with Gasteiger partial charge in [0.1, 0.15) is 0 Å². The summed E-state index contributed by atoms with van der Waals surface area (Å²) in [5.74, 6) is 5.58. The lowest BCUT2D eigenvalue weighted by atomic mass is 10.1. The normalized spacial score (nSPS) is 21.9. The largest absolute Gasteiger partial charge is 0.377 e. The molecular formula is C15H20N2O3S. The van der Waals surface area contributed by atoms with Gasteiger partial charge in [-0.25, -0.2) is 13.1 Å². The third-order valence-corrected chi connectivity index (χ3v) is 5.13. The molecule has 1 aliphatic rings. The Hall–Kier alpha value is -1.39. The Morgan fingerprint density at radius 1 is 1.48 bits per heavy atom. The van der Waals surface area contributed by atoms with Crippen LogP contribution in [0.3, 0.4) is 0 Å². The van der Waals surface area contributed by atoms with Gasteiger partial charge in [0.2, 0.25) is 10.0 Å². The fourth-order valence-electron chi connectivity index (χ4n) is 2.27. The topological polar surface area (TPSA) is 81.4 Å². The third-order valence-electron chi connectivity index (χ3n) is 3.50. The van der Waals surface area contributed by atoms with E-state index in [2.05, 4.69) is 16.6 Å². The Morgan fingerprint density at radius 3 is 2.86 bits per heavy atom. The second-order valence-electron chi connectivity index (χ2n) is 5.08. The minimum atomic E-state index is -3.58. The van der Waals surface area contributed by atoms with Crippen molar-refractivity contribution < 1.29 is 13.2 Å². The summed E-state index contributed by atoms with van der Waals surface area (Å²) >= 11 is 0. The Kier molecular flexibility index (Phi) is 5.01. The molecule has 1 aromatic carbocycles. The van der Waals surface area contributed by atoms with Gasteiger partial charge in [-0.15, -0.1) is 0 Å². The molecule has 1 aliphatic heterocycles. The van der Waals surface area contributed by atoms with Crippen LogP contribution in [0.15, 0.2) is 23.1 Å². The van der Waals surface area contributed by atoms with E-state index in [1.54, 1.807) is 25.1 Å². The van der Waals surface area contributed by atoms with Gasteiger partial charge < -0.3 is 10.5 Å². The molecule has 2 rings (SSSR count). The van der Waals surface area contributed by atoms with E-state index in [-0.39, 0.29) is 23.6 Å². The van der Waals surface area contributed by atoms with Crippen molar-refractivity contribution in [3.8, 4) is 11.8 Å². The average molecular weight is 308 g/mol. The molecule has 2 atom stereocenters. The molecule has 114 valence electrons. The van der Waals surface area contributed by atoms with Crippen LogP contribution in [0.4, 0.5) is 0 Å². The number of benzene rings is 1. The van der Waals surface area contributed by atoms with Crippen LogP contribution >= 0.6 is 0 Å². The first-order valence-corrected chi connectivity index (χ1v) is 8.36. The van der Waals surface area contributed by atoms with Crippen molar-refractivity contribution in [2.24, 2.45) is 5.73 Å². The zero-order chi connectivity index (χ0) is 15.5. The molecule has 0 bridgehead atoms. The van der Waals surface area contributed by atoms with Gasteiger partial charge in [0.05, 0.1) is 23.6 Å². The molecule has 3 N–H and O–H groups in total. The fraction of sp³-hybridized carbons (Fsp3) is 0.467. The van der Waals surface area contributed by atoms with Crippen LogP contribution in [0.2, 0.25) is 0 Å². The molecule has 0 saturated carbocycles. The molecule has 2 unspecified atom stereocenters. The van der Waals surface area contributed by atoms with Crippen molar-refractivity contribution in [3.63, 3.8) is 0 Å². The van der Waals surface area contributed by atoms with Crippen molar-refractivity contribution in [2.45, 2.75) is 37.3 Å². The Balaban J connectivity index is 2.30. The van der Waals surface area contributed by atoms with Crippen LogP contribution in [0.5, 0.6) is 0 Å². The van der Waals surface area contributed by atoms with Crippen LogP contribution in [0, 0.1) is 18.8 Å². The standard InChI is InChI=1S/C15H20N2O3S/c1-11-5-6-13(4-3-8-16)10-15(11)21(18,19)17-14-7-9-20-12(14)2/h5-6,10,12,14,17H,7-9,16H2,1-2H3. The molecule has 0 aliphatic carbocycles. The van der Waals surface area contributed by atoms with Crippen LogP contribution in [-0.4, -0.2) is 33.7 Å². The SMILES string of the molecule is Cc1ccc(C#CCN)cc1S(=O)(=O)NC1CCOC1C. The number of hydrogen-bond donors (Lipinski definition) is 2. The van der Waals surface area contributed by atoms with Crippen LogP contribution in [-0.2, 0) is 14.8 Å². The van der Waals surface area contributed by atoms with E-state index in [0.29, 0.717) is 24.2 Å². The van der Waals surface area contributed by atoms with Gasteiger partial charge in [-0.3, -0.25) is 0 Å². The lowest BCUT2D eigenvalue weighted by molar-refractivity contribution is 0.117. The van der Waals surface area contributed by atoms with Crippen molar-refractivity contribution in [3.05, 3.63) is 29.3 Å². The highest BCUT2D eigenvalue weighted by molar-refractivity contribution is 7.89. The molecule has 0 radical (unpaired) electrons. The van der Waals surface area contributed by atoms with Crippen molar-refractivity contribution in [1.82, 2.24) is 4.72 Å². The van der Waals surface area contributed by atoms with Gasteiger partial charge in [-0.05, 0) is 38.0 Å². The summed E-state index contributed by atoms with van der Waals surface area (Å²) in [7, 11) is -3.58. The molecule has 0 spiro atoms. The van der Waals surface area contributed by atoms with Gasteiger partial charge in [0.25, 0.3) is 0 Å². The number of ether oxygens (including phenoxy) is 1. The molecule has 1 heterocycles. The minimum Gasteiger partial charge on any atom is -0.377 e. The first kappa shape index (κ1) is 16.0. The van der Waals surface area contributed by atoms with Gasteiger partial charge >= 0.3 is 0 Å². The molecule has 21 heavy (non-hydrogen) atoms. The monoisotopic (exact) mass is 308 g/mol. The van der Waals surface area contributed by atoms with Gasteiger partial charge in [0, 0.05) is 12.2 Å². The lowest BCUT2D eigenvalue weighted by Crippen LogP contribution is -2.39. The Bertz CT molecular complexity index is 674. The summed E-state index contributed by atoms with van der Waals surface area (Å²) < 4.78 is 33.2. The van der Waals surface area contributed by atoms with E-state index >= 15 is 0 Å². The highest BCUT2D eigenvalue weighted by Crippen LogP contribution is 2.20. The van der Waals surface area contributed by atoms with Crippen LogP contribution in [0.1, 0.15) is 24.5 Å². The maximum atomic E-state index is 12.5. The van der Waals surface area contributed by atoms with Gasteiger partial charge in [-0.2, -0.15) is 0 Å². The molecule has 6 heteroatoms. The first-order valence-electron chi connectivity index (χ1n) is 6.87. The van der Waals surface area contributed by atoms with E-state index < -0.39 is 10.0 Å². The lowest BCUT2D eigenvalue weighted by Gasteiger charge is -2.17. The maximum absolute atomic E-state index is 12.5. The Labute approximate surface area is 125 Å². The number of sulfonamides is 1. The van der Waals surface area contributed by atoms with Crippen LogP contribution < -0.4 is 10.5 Å². The van der Waals surface area contributed by atoms with E-state index in [4.69, 9.17) is 10.5 Å². The summed E-state index contributed by atoms with van der Waals surface area (Å²) in [4.78, 5) is 0.255. The fourth-order valence-corrected chi connectivity index (χ4v) is 3.88. The maximum Gasteiger partial charge on any atom is 0.241 e. The van der Waals surface area contributed by atoms with E-state index in [0.717, 1.165) is 0 Å². The van der Waals surface area contributed by atoms with E-state index in [9.17, 15) is 8.42 Å². The van der Waals surface area contributed by atoms with Crippen molar-refractivity contribution in [2.75, 3.05) is 13.2 Å². The zero-order valence-corrected chi connectivity index (χ0v) is 13.0. The molecular weight excluding hydrogens is 288 g/mol. The Morgan fingerprint density at radius 2 is 2.24 bits per heavy atom. The van der Waals surface area contributed by atoms with E-state index in [1.165, 1.54) is 0 Å². The zero-order valence-electron chi connectivity index (χ0n) is 12.2. The molecule has 5 nitrogen and oxygen atoms in total. The molecule has 1 aromatic rings. The smallest absolute Gasteiger partial charge is 0.241 e. The highest BCUT2D eigenvalue weighted by Gasteiger charge is 2.29. The van der Waals surface area contributed by atoms with Gasteiger partial charge in [-0.1, -0.05) is 17.9 Å². The number of aryl methyl sites for hydroxylation is 1. The number of hydrogen-bond acceptors (Lipinski definition) is 4. The molecule has 0 amide bonds. The predicted octanol–water partition coefficient (Wildman–Crippen LogP) is 0.761. The second-order valence-corrected chi connectivity index (χ2v) is 6.76. The summed E-state index contributed by atoms with van der Waals surface area (Å²) in [6.07, 6.45) is 0.576. The molecule has 0 aromatic heterocycles. The van der Waals surface area contributed by atoms with Gasteiger partial charge in [0.15, 0.2) is 0 Å². The summed E-state index contributed by atoms with van der Waals surface area (Å²) in [6.45, 7) is 4.46.